The van der Waals surface area contributed by atoms with E-state index >= 15 is 0 Å². The van der Waals surface area contributed by atoms with Gasteiger partial charge >= 0.3 is 0 Å². The number of hydrogen-bond acceptors (Lipinski definition) is 4. The number of imidazole rings is 1. The number of aryl methyl sites for hydroxylation is 2. The molecule has 7 heteroatoms. The van der Waals surface area contributed by atoms with Crippen molar-refractivity contribution in [3.63, 3.8) is 0 Å². The van der Waals surface area contributed by atoms with Gasteiger partial charge in [-0.3, -0.25) is 9.48 Å². The number of carbonyl (C=O) groups excluding carboxylic acids is 1. The van der Waals surface area contributed by atoms with Crippen LogP contribution in [0, 0.1) is 0 Å². The molecule has 2 aromatic heterocycles. The first-order chi connectivity index (χ1) is 10.7. The van der Waals surface area contributed by atoms with Gasteiger partial charge in [-0.2, -0.15) is 5.10 Å². The van der Waals surface area contributed by atoms with Crippen LogP contribution in [0.1, 0.15) is 30.4 Å². The Morgan fingerprint density at radius 3 is 3.00 bits per heavy atom. The van der Waals surface area contributed by atoms with Crippen LogP contribution in [-0.4, -0.2) is 41.9 Å². The van der Waals surface area contributed by atoms with Crippen LogP contribution in [0.3, 0.4) is 0 Å². The summed E-state index contributed by atoms with van der Waals surface area (Å²) in [4.78, 5) is 18.5. The molecule has 0 spiro atoms. The third kappa shape index (κ3) is 2.76. The molecule has 1 amide bonds. The van der Waals surface area contributed by atoms with Crippen molar-refractivity contribution in [3.05, 3.63) is 35.7 Å². The lowest BCUT2D eigenvalue weighted by Gasteiger charge is -2.16. The van der Waals surface area contributed by atoms with Gasteiger partial charge in [0.25, 0.3) is 0 Å². The lowest BCUT2D eigenvalue weighted by atomic mass is 10.3. The van der Waals surface area contributed by atoms with Gasteiger partial charge in [0, 0.05) is 43.9 Å². The van der Waals surface area contributed by atoms with E-state index in [2.05, 4.69) is 17.0 Å². The van der Waals surface area contributed by atoms with Crippen LogP contribution in [0.2, 0.25) is 0 Å². The largest absolute Gasteiger partial charge is 0.394 e. The summed E-state index contributed by atoms with van der Waals surface area (Å²) < 4.78 is 3.82. The summed E-state index contributed by atoms with van der Waals surface area (Å²) in [5, 5.41) is 13.3. The first-order valence-electron chi connectivity index (χ1n) is 7.65. The molecule has 0 fully saturated rings. The fourth-order valence-electron chi connectivity index (χ4n) is 2.90. The van der Waals surface area contributed by atoms with E-state index in [-0.39, 0.29) is 12.5 Å². The van der Waals surface area contributed by atoms with Gasteiger partial charge in [-0.05, 0) is 0 Å². The number of aliphatic hydroxyl groups is 1. The van der Waals surface area contributed by atoms with Crippen LogP contribution in [0.25, 0.3) is 0 Å². The van der Waals surface area contributed by atoms with E-state index in [1.54, 1.807) is 17.1 Å². The quantitative estimate of drug-likeness (QED) is 0.846. The van der Waals surface area contributed by atoms with E-state index in [9.17, 15) is 4.79 Å². The Balaban J connectivity index is 1.58. The average Bonchev–Trinajstić information content (AvgIpc) is 3.21. The van der Waals surface area contributed by atoms with Crippen molar-refractivity contribution in [1.29, 1.82) is 0 Å². The zero-order valence-electron chi connectivity index (χ0n) is 12.8. The average molecular weight is 303 g/mol. The van der Waals surface area contributed by atoms with Crippen LogP contribution < -0.4 is 0 Å². The summed E-state index contributed by atoms with van der Waals surface area (Å²) in [7, 11) is 0. The van der Waals surface area contributed by atoms with Crippen LogP contribution in [0.4, 0.5) is 0 Å². The molecule has 22 heavy (non-hydrogen) atoms. The third-order valence-corrected chi connectivity index (χ3v) is 4.09. The molecular formula is C15H21N5O2. The maximum Gasteiger partial charge on any atom is 0.225 e. The molecule has 1 N–H and O–H groups in total. The number of nitrogens with zero attached hydrogens (tertiary/aromatic N) is 5. The predicted molar refractivity (Wildman–Crippen MR) is 79.8 cm³/mol. The van der Waals surface area contributed by atoms with E-state index in [0.717, 1.165) is 23.5 Å². The fourth-order valence-corrected chi connectivity index (χ4v) is 2.90. The predicted octanol–water partition coefficient (Wildman–Crippen LogP) is 0.567. The minimum Gasteiger partial charge on any atom is -0.394 e. The number of aromatic nitrogens is 4. The van der Waals surface area contributed by atoms with Crippen LogP contribution in [-0.2, 0) is 37.4 Å². The molecule has 1 aliphatic heterocycles. The molecule has 0 saturated carbocycles. The van der Waals surface area contributed by atoms with E-state index in [0.29, 0.717) is 32.6 Å². The van der Waals surface area contributed by atoms with Gasteiger partial charge < -0.3 is 14.6 Å². The Hall–Kier alpha value is -2.15. The maximum atomic E-state index is 12.4. The monoisotopic (exact) mass is 303 g/mol. The molecule has 7 nitrogen and oxygen atoms in total. The van der Waals surface area contributed by atoms with Gasteiger partial charge in [0.1, 0.15) is 5.82 Å². The highest BCUT2D eigenvalue weighted by Crippen LogP contribution is 2.23. The number of aliphatic hydroxyl groups excluding tert-OH is 1. The van der Waals surface area contributed by atoms with Gasteiger partial charge in [-0.25, -0.2) is 4.98 Å². The van der Waals surface area contributed by atoms with Crippen LogP contribution in [0.5, 0.6) is 0 Å². The number of carbonyl (C=O) groups is 1. The van der Waals surface area contributed by atoms with Gasteiger partial charge in [-0.15, -0.1) is 0 Å². The highest BCUT2D eigenvalue weighted by atomic mass is 16.3. The molecule has 0 unspecified atom stereocenters. The summed E-state index contributed by atoms with van der Waals surface area (Å²) in [5.74, 6) is 1.15. The number of fused-ring (bicyclic) bond motifs is 1. The summed E-state index contributed by atoms with van der Waals surface area (Å²) in [6.07, 6.45) is 6.83. The fraction of sp³-hybridized carbons (Fsp3) is 0.533. The topological polar surface area (TPSA) is 76.2 Å². The normalized spacial score (nSPS) is 13.6. The molecule has 0 radical (unpaired) electrons. The smallest absolute Gasteiger partial charge is 0.225 e. The SMILES string of the molecule is CCc1nccn1CCC(=O)N1Cc2cnn(CCO)c2C1. The van der Waals surface area contributed by atoms with Gasteiger partial charge in [-0.1, -0.05) is 6.92 Å². The molecule has 3 rings (SSSR count). The van der Waals surface area contributed by atoms with Crippen molar-refractivity contribution < 1.29 is 9.90 Å². The molecule has 3 heterocycles. The van der Waals surface area contributed by atoms with Crippen LogP contribution in [0.15, 0.2) is 18.6 Å². The van der Waals surface area contributed by atoms with E-state index < -0.39 is 0 Å². The molecular weight excluding hydrogens is 282 g/mol. The number of amides is 1. The minimum absolute atomic E-state index is 0.0580. The summed E-state index contributed by atoms with van der Waals surface area (Å²) >= 11 is 0. The second-order valence-electron chi connectivity index (χ2n) is 5.45. The molecule has 0 atom stereocenters. The highest BCUT2D eigenvalue weighted by molar-refractivity contribution is 5.76. The molecule has 0 bridgehead atoms. The summed E-state index contributed by atoms with van der Waals surface area (Å²) in [6, 6.07) is 0. The van der Waals surface area contributed by atoms with Gasteiger partial charge in [0.2, 0.25) is 5.91 Å². The maximum absolute atomic E-state index is 12.4. The molecule has 0 aliphatic carbocycles. The molecule has 0 aromatic carbocycles. The second kappa shape index (κ2) is 6.31. The second-order valence-corrected chi connectivity index (χ2v) is 5.45. The van der Waals surface area contributed by atoms with E-state index in [4.69, 9.17) is 5.11 Å². The Labute approximate surface area is 129 Å². The lowest BCUT2D eigenvalue weighted by molar-refractivity contribution is -0.132. The van der Waals surface area contributed by atoms with Crippen molar-refractivity contribution in [1.82, 2.24) is 24.2 Å². The Kier molecular flexibility index (Phi) is 4.24. The van der Waals surface area contributed by atoms with Crippen molar-refractivity contribution in [2.24, 2.45) is 0 Å². The van der Waals surface area contributed by atoms with Crippen molar-refractivity contribution >= 4 is 5.91 Å². The molecule has 118 valence electrons. The van der Waals surface area contributed by atoms with Crippen molar-refractivity contribution in [3.8, 4) is 0 Å². The molecule has 2 aromatic rings. The third-order valence-electron chi connectivity index (χ3n) is 4.09. The molecule has 0 saturated heterocycles. The Morgan fingerprint density at radius 1 is 1.36 bits per heavy atom. The number of rotatable bonds is 6. The zero-order chi connectivity index (χ0) is 15.5. The molecule has 1 aliphatic rings. The highest BCUT2D eigenvalue weighted by Gasteiger charge is 2.26. The zero-order valence-corrected chi connectivity index (χ0v) is 12.8. The standard InChI is InChI=1S/C15H21N5O2/c1-2-14-16-4-6-18(14)5-3-15(22)19-10-12-9-17-20(7-8-21)13(12)11-19/h4,6,9,21H,2-3,5,7-8,10-11H2,1H3. The van der Waals surface area contributed by atoms with Gasteiger partial charge in [0.05, 0.1) is 31.6 Å². The number of hydrogen-bond donors (Lipinski definition) is 1. The first kappa shape index (κ1) is 14.8. The Morgan fingerprint density at radius 2 is 2.23 bits per heavy atom. The van der Waals surface area contributed by atoms with Crippen LogP contribution >= 0.6 is 0 Å². The summed E-state index contributed by atoms with van der Waals surface area (Å²) in [5.41, 5.74) is 2.12. The minimum atomic E-state index is 0.0580. The lowest BCUT2D eigenvalue weighted by Crippen LogP contribution is -2.27. The Bertz CT molecular complexity index is 661. The van der Waals surface area contributed by atoms with Gasteiger partial charge in [0.15, 0.2) is 0 Å². The van der Waals surface area contributed by atoms with Crippen molar-refractivity contribution in [2.75, 3.05) is 6.61 Å². The first-order valence-corrected chi connectivity index (χ1v) is 7.65. The van der Waals surface area contributed by atoms with E-state index in [1.165, 1.54) is 0 Å². The van der Waals surface area contributed by atoms with E-state index in [1.807, 2.05) is 15.7 Å². The van der Waals surface area contributed by atoms with Crippen molar-refractivity contribution in [2.45, 2.75) is 45.9 Å². The summed E-state index contributed by atoms with van der Waals surface area (Å²) in [6.45, 7) is 4.46.